The van der Waals surface area contributed by atoms with Gasteiger partial charge in [-0.2, -0.15) is 0 Å². The molecule has 0 amide bonds. The minimum atomic E-state index is -1.64. The first-order valence-electron chi connectivity index (χ1n) is 14.0. The number of benzene rings is 1. The minimum absolute atomic E-state index is 0.232. The van der Waals surface area contributed by atoms with E-state index in [1.54, 1.807) is 5.56 Å². The molecule has 1 aromatic carbocycles. The van der Waals surface area contributed by atoms with Gasteiger partial charge in [0.1, 0.15) is 5.75 Å². The van der Waals surface area contributed by atoms with Crippen molar-refractivity contribution < 1.29 is 13.6 Å². The van der Waals surface area contributed by atoms with Gasteiger partial charge < -0.3 is 13.6 Å². The topological polar surface area (TPSA) is 27.7 Å². The Labute approximate surface area is 206 Å². The molecular weight excluding hydrogens is 424 g/mol. The Balaban J connectivity index is 2.07. The van der Waals surface area contributed by atoms with Crippen LogP contribution in [0.4, 0.5) is 0 Å². The molecule has 0 N–H and O–H groups in total. The molecule has 1 unspecified atom stereocenters. The van der Waals surface area contributed by atoms with E-state index >= 15 is 0 Å². The lowest BCUT2D eigenvalue weighted by atomic mass is 9.81. The minimum Gasteiger partial charge on any atom is -0.493 e. The maximum absolute atomic E-state index is 6.44. The molecule has 0 spiro atoms. The third kappa shape index (κ3) is 10.5. The molecular formula is C29H52O3Si. The molecule has 33 heavy (non-hydrogen) atoms. The Morgan fingerprint density at radius 2 is 1.58 bits per heavy atom. The van der Waals surface area contributed by atoms with Crippen LogP contribution in [0.1, 0.15) is 135 Å². The lowest BCUT2D eigenvalue weighted by Crippen LogP contribution is -2.29. The average Bonchev–Trinajstić information content (AvgIpc) is 2.79. The summed E-state index contributed by atoms with van der Waals surface area (Å²) < 4.78 is 18.6. The zero-order chi connectivity index (χ0) is 24.1. The Morgan fingerprint density at radius 3 is 2.18 bits per heavy atom. The van der Waals surface area contributed by atoms with Crippen LogP contribution in [0.15, 0.2) is 18.2 Å². The van der Waals surface area contributed by atoms with Crippen LogP contribution in [-0.2, 0) is 8.85 Å². The van der Waals surface area contributed by atoms with E-state index in [-0.39, 0.29) is 12.2 Å². The average molecular weight is 477 g/mol. The van der Waals surface area contributed by atoms with Crippen LogP contribution in [0.3, 0.4) is 0 Å². The summed E-state index contributed by atoms with van der Waals surface area (Å²) >= 11 is 0. The zero-order valence-electron chi connectivity index (χ0n) is 22.5. The molecule has 1 atom stereocenters. The van der Waals surface area contributed by atoms with Crippen molar-refractivity contribution in [1.82, 2.24) is 0 Å². The van der Waals surface area contributed by atoms with Gasteiger partial charge in [-0.25, -0.2) is 0 Å². The van der Waals surface area contributed by atoms with Crippen molar-refractivity contribution >= 4 is 9.28 Å². The Kier molecular flexibility index (Phi) is 13.7. The highest BCUT2D eigenvalue weighted by Gasteiger charge is 2.22. The first-order valence-corrected chi connectivity index (χ1v) is 15.8. The highest BCUT2D eigenvalue weighted by molar-refractivity contribution is 6.44. The van der Waals surface area contributed by atoms with E-state index in [0.29, 0.717) is 11.8 Å². The van der Waals surface area contributed by atoms with Crippen molar-refractivity contribution in [1.29, 1.82) is 0 Å². The molecule has 1 saturated carbocycles. The first kappa shape index (κ1) is 28.4. The number of unbranched alkanes of at least 4 members (excludes halogenated alkanes) is 1. The molecule has 0 aromatic heterocycles. The first-order chi connectivity index (χ1) is 15.9. The molecule has 4 heteroatoms. The third-order valence-corrected chi connectivity index (χ3v) is 9.36. The summed E-state index contributed by atoms with van der Waals surface area (Å²) in [7, 11) is -1.64. The van der Waals surface area contributed by atoms with E-state index < -0.39 is 9.28 Å². The van der Waals surface area contributed by atoms with Crippen molar-refractivity contribution in [2.75, 3.05) is 6.61 Å². The quantitative estimate of drug-likeness (QED) is 0.176. The van der Waals surface area contributed by atoms with Gasteiger partial charge in [0, 0.05) is 12.2 Å². The largest absolute Gasteiger partial charge is 0.493 e. The summed E-state index contributed by atoms with van der Waals surface area (Å²) in [5, 5.41) is 0. The lowest BCUT2D eigenvalue weighted by Gasteiger charge is -2.26. The molecule has 0 saturated heterocycles. The standard InChI is InChI=1S/C29H52O3Si/c1-7-9-15-25(14-8-2)27-18-19-29(28(22-27)26-16-11-10-12-17-26)30-20-13-21-33(31-23(3)4)32-24(5)6/h18-19,22-26,33H,7-17,20-21H2,1-6H3. The molecule has 1 aromatic rings. The molecule has 0 aliphatic heterocycles. The number of hydrogen-bond acceptors (Lipinski definition) is 3. The van der Waals surface area contributed by atoms with Crippen LogP contribution in [-0.4, -0.2) is 28.1 Å². The maximum Gasteiger partial charge on any atom is 0.321 e. The molecule has 0 radical (unpaired) electrons. The molecule has 0 heterocycles. The fraction of sp³-hybridized carbons (Fsp3) is 0.793. The van der Waals surface area contributed by atoms with Gasteiger partial charge in [-0.15, -0.1) is 0 Å². The van der Waals surface area contributed by atoms with Gasteiger partial charge in [0.25, 0.3) is 0 Å². The fourth-order valence-electron chi connectivity index (χ4n) is 5.17. The van der Waals surface area contributed by atoms with Gasteiger partial charge in [0.05, 0.1) is 6.61 Å². The summed E-state index contributed by atoms with van der Waals surface area (Å²) in [5.74, 6) is 2.49. The SMILES string of the molecule is CCCCC(CCC)c1ccc(OCCC[SiH](OC(C)C)OC(C)C)c(C2CCCCC2)c1. The van der Waals surface area contributed by atoms with Gasteiger partial charge in [0.15, 0.2) is 0 Å². The third-order valence-electron chi connectivity index (χ3n) is 6.78. The van der Waals surface area contributed by atoms with Crippen molar-refractivity contribution in [2.45, 2.75) is 142 Å². The van der Waals surface area contributed by atoms with Crippen LogP contribution in [0.2, 0.25) is 6.04 Å². The Morgan fingerprint density at radius 1 is 0.879 bits per heavy atom. The molecule has 2 rings (SSSR count). The zero-order valence-corrected chi connectivity index (χ0v) is 23.7. The second-order valence-corrected chi connectivity index (χ2v) is 12.5. The summed E-state index contributed by atoms with van der Waals surface area (Å²) in [6, 6.07) is 8.18. The summed E-state index contributed by atoms with van der Waals surface area (Å²) in [4.78, 5) is 0. The monoisotopic (exact) mass is 476 g/mol. The fourth-order valence-corrected chi connectivity index (χ4v) is 7.22. The second kappa shape index (κ2) is 15.9. The smallest absolute Gasteiger partial charge is 0.321 e. The number of rotatable bonds is 16. The van der Waals surface area contributed by atoms with E-state index in [1.807, 2.05) is 0 Å². The van der Waals surface area contributed by atoms with Gasteiger partial charge in [-0.1, -0.05) is 64.5 Å². The van der Waals surface area contributed by atoms with Crippen LogP contribution in [0.5, 0.6) is 5.75 Å². The summed E-state index contributed by atoms with van der Waals surface area (Å²) in [6.07, 6.45) is 14.7. The van der Waals surface area contributed by atoms with E-state index in [4.69, 9.17) is 13.6 Å². The van der Waals surface area contributed by atoms with E-state index in [9.17, 15) is 0 Å². The predicted octanol–water partition coefficient (Wildman–Crippen LogP) is 8.65. The van der Waals surface area contributed by atoms with Gasteiger partial charge in [-0.05, 0) is 94.9 Å². The van der Waals surface area contributed by atoms with Gasteiger partial charge >= 0.3 is 9.28 Å². The molecule has 3 nitrogen and oxygen atoms in total. The molecule has 1 aliphatic rings. The van der Waals surface area contributed by atoms with E-state index in [2.05, 4.69) is 59.7 Å². The summed E-state index contributed by atoms with van der Waals surface area (Å²) in [6.45, 7) is 13.8. The van der Waals surface area contributed by atoms with Gasteiger partial charge in [0.2, 0.25) is 0 Å². The molecule has 0 bridgehead atoms. The lowest BCUT2D eigenvalue weighted by molar-refractivity contribution is 0.128. The maximum atomic E-state index is 6.44. The van der Waals surface area contributed by atoms with Crippen molar-refractivity contribution in [3.05, 3.63) is 29.3 Å². The number of hydrogen-bond donors (Lipinski definition) is 0. The highest BCUT2D eigenvalue weighted by atomic mass is 28.3. The highest BCUT2D eigenvalue weighted by Crippen LogP contribution is 2.40. The normalized spacial score (nSPS) is 16.2. The van der Waals surface area contributed by atoms with Crippen molar-refractivity contribution in [3.8, 4) is 5.75 Å². The summed E-state index contributed by atoms with van der Waals surface area (Å²) in [5.41, 5.74) is 3.02. The Hall–Kier alpha value is -0.843. The predicted molar refractivity (Wildman–Crippen MR) is 144 cm³/mol. The second-order valence-electron chi connectivity index (χ2n) is 10.5. The van der Waals surface area contributed by atoms with Crippen LogP contribution >= 0.6 is 0 Å². The Bertz CT molecular complexity index is 630. The van der Waals surface area contributed by atoms with Gasteiger partial charge in [-0.3, -0.25) is 0 Å². The van der Waals surface area contributed by atoms with Crippen molar-refractivity contribution in [2.24, 2.45) is 0 Å². The van der Waals surface area contributed by atoms with Crippen molar-refractivity contribution in [3.63, 3.8) is 0 Å². The molecule has 1 fully saturated rings. The van der Waals surface area contributed by atoms with E-state index in [1.165, 1.54) is 69.8 Å². The molecule has 190 valence electrons. The molecule has 1 aliphatic carbocycles. The van der Waals surface area contributed by atoms with Crippen LogP contribution < -0.4 is 4.74 Å². The number of ether oxygens (including phenoxy) is 1. The van der Waals surface area contributed by atoms with Crippen LogP contribution in [0, 0.1) is 0 Å². The van der Waals surface area contributed by atoms with Crippen LogP contribution in [0.25, 0.3) is 0 Å². The van der Waals surface area contributed by atoms with E-state index in [0.717, 1.165) is 24.8 Å².